The van der Waals surface area contributed by atoms with Crippen LogP contribution in [0.15, 0.2) is 30.3 Å². The Kier molecular flexibility index (Phi) is 9.32. The molecule has 0 heteroatoms. The lowest BCUT2D eigenvalue weighted by Crippen LogP contribution is -1.99. The highest BCUT2D eigenvalue weighted by Gasteiger charge is 2.20. The van der Waals surface area contributed by atoms with Crippen molar-refractivity contribution in [3.63, 3.8) is 0 Å². The molecule has 0 saturated heterocycles. The zero-order chi connectivity index (χ0) is 20.3. The summed E-state index contributed by atoms with van der Waals surface area (Å²) in [6, 6.07) is 15.4. The normalized spacial score (nSPS) is 12.2. The maximum absolute atomic E-state index is 3.90. The van der Waals surface area contributed by atoms with Crippen LogP contribution in [-0.4, -0.2) is 0 Å². The Balaban J connectivity index is 1.64. The van der Waals surface area contributed by atoms with Gasteiger partial charge in [0.1, 0.15) is 0 Å². The van der Waals surface area contributed by atoms with E-state index in [1.165, 1.54) is 118 Å². The second-order valence-electron chi connectivity index (χ2n) is 9.03. The molecule has 0 atom stereocenters. The van der Waals surface area contributed by atoms with E-state index in [0.29, 0.717) is 0 Å². The summed E-state index contributed by atoms with van der Waals surface area (Å²) in [4.78, 5) is 0. The summed E-state index contributed by atoms with van der Waals surface area (Å²) in [5, 5.41) is 0. The summed E-state index contributed by atoms with van der Waals surface area (Å²) in [5.74, 6) is 0. The molecular weight excluding hydrogens is 348 g/mol. The fourth-order valence-electron chi connectivity index (χ4n) is 4.81. The summed E-state index contributed by atoms with van der Waals surface area (Å²) in [6.07, 6.45) is 20.0. The summed E-state index contributed by atoms with van der Waals surface area (Å²) < 4.78 is 0. The Morgan fingerprint density at radius 1 is 0.690 bits per heavy atom. The molecule has 0 aromatic heterocycles. The van der Waals surface area contributed by atoms with Gasteiger partial charge >= 0.3 is 0 Å². The predicted molar refractivity (Wildman–Crippen MR) is 128 cm³/mol. The number of benzene rings is 2. The summed E-state index contributed by atoms with van der Waals surface area (Å²) in [7, 11) is 0. The SMILES string of the molecule is CCCCCCCCc1[c]c2c(cc1CCCCCCCC)-c1ccccc1C2. The molecule has 2 aromatic rings. The Labute approximate surface area is 180 Å². The number of rotatable bonds is 14. The van der Waals surface area contributed by atoms with Crippen molar-refractivity contribution in [2.75, 3.05) is 0 Å². The Morgan fingerprint density at radius 3 is 2.03 bits per heavy atom. The lowest BCUT2D eigenvalue weighted by atomic mass is 9.91. The predicted octanol–water partition coefficient (Wildman–Crippen LogP) is 8.86. The minimum absolute atomic E-state index is 1.08. The van der Waals surface area contributed by atoms with Gasteiger partial charge in [-0.1, -0.05) is 108 Å². The van der Waals surface area contributed by atoms with Gasteiger partial charge in [0.15, 0.2) is 0 Å². The highest BCUT2D eigenvalue weighted by molar-refractivity contribution is 5.77. The molecule has 1 radical (unpaired) electrons. The van der Waals surface area contributed by atoms with Gasteiger partial charge in [-0.15, -0.1) is 0 Å². The van der Waals surface area contributed by atoms with Crippen molar-refractivity contribution in [3.8, 4) is 11.1 Å². The van der Waals surface area contributed by atoms with Gasteiger partial charge in [-0.2, -0.15) is 0 Å². The first-order valence-corrected chi connectivity index (χ1v) is 12.5. The molecule has 0 saturated carbocycles. The van der Waals surface area contributed by atoms with Gasteiger partial charge in [-0.05, 0) is 71.6 Å². The van der Waals surface area contributed by atoms with Crippen molar-refractivity contribution in [1.29, 1.82) is 0 Å². The molecule has 29 heavy (non-hydrogen) atoms. The van der Waals surface area contributed by atoms with Gasteiger partial charge in [-0.3, -0.25) is 0 Å². The third-order valence-electron chi connectivity index (χ3n) is 6.59. The van der Waals surface area contributed by atoms with Crippen LogP contribution in [-0.2, 0) is 19.3 Å². The first kappa shape index (κ1) is 22.1. The minimum atomic E-state index is 1.08. The molecule has 1 aliphatic carbocycles. The van der Waals surface area contributed by atoms with E-state index in [1.807, 2.05) is 0 Å². The molecule has 0 amide bonds. The van der Waals surface area contributed by atoms with Crippen molar-refractivity contribution in [2.45, 2.75) is 110 Å². The van der Waals surface area contributed by atoms with Crippen LogP contribution in [0, 0.1) is 6.07 Å². The highest BCUT2D eigenvalue weighted by atomic mass is 14.2. The fraction of sp³-hybridized carbons (Fsp3) is 0.586. The van der Waals surface area contributed by atoms with Gasteiger partial charge in [0.25, 0.3) is 0 Å². The van der Waals surface area contributed by atoms with E-state index in [1.54, 1.807) is 5.56 Å². The van der Waals surface area contributed by atoms with Gasteiger partial charge in [0.2, 0.25) is 0 Å². The van der Waals surface area contributed by atoms with E-state index < -0.39 is 0 Å². The first-order valence-electron chi connectivity index (χ1n) is 12.5. The highest BCUT2D eigenvalue weighted by Crippen LogP contribution is 2.38. The topological polar surface area (TPSA) is 0 Å². The number of aryl methyl sites for hydroxylation is 2. The second-order valence-corrected chi connectivity index (χ2v) is 9.03. The van der Waals surface area contributed by atoms with Crippen LogP contribution in [0.4, 0.5) is 0 Å². The van der Waals surface area contributed by atoms with Gasteiger partial charge in [-0.25, -0.2) is 0 Å². The summed E-state index contributed by atoms with van der Waals surface area (Å²) in [6.45, 7) is 4.60. The average molecular weight is 390 g/mol. The van der Waals surface area contributed by atoms with E-state index in [9.17, 15) is 0 Å². The molecular formula is C29H41. The molecule has 2 aromatic carbocycles. The maximum atomic E-state index is 3.90. The zero-order valence-corrected chi connectivity index (χ0v) is 19.0. The van der Waals surface area contributed by atoms with Crippen LogP contribution in [0.5, 0.6) is 0 Å². The van der Waals surface area contributed by atoms with E-state index in [4.69, 9.17) is 0 Å². The number of hydrogen-bond donors (Lipinski definition) is 0. The van der Waals surface area contributed by atoms with E-state index >= 15 is 0 Å². The zero-order valence-electron chi connectivity index (χ0n) is 19.0. The smallest absolute Gasteiger partial charge is 0.000718 e. The molecule has 0 nitrogen and oxygen atoms in total. The molecule has 0 bridgehead atoms. The van der Waals surface area contributed by atoms with Crippen LogP contribution < -0.4 is 0 Å². The minimum Gasteiger partial charge on any atom is -0.0654 e. The fourth-order valence-corrected chi connectivity index (χ4v) is 4.81. The Bertz CT molecular complexity index is 740. The van der Waals surface area contributed by atoms with Crippen LogP contribution in [0.3, 0.4) is 0 Å². The monoisotopic (exact) mass is 389 g/mol. The lowest BCUT2D eigenvalue weighted by molar-refractivity contribution is 0.599. The van der Waals surface area contributed by atoms with Crippen molar-refractivity contribution in [3.05, 3.63) is 58.7 Å². The summed E-state index contributed by atoms with van der Waals surface area (Å²) in [5.41, 5.74) is 8.97. The quantitative estimate of drug-likeness (QED) is 0.241. The number of unbranched alkanes of at least 4 members (excludes halogenated alkanes) is 10. The molecule has 1 aliphatic rings. The van der Waals surface area contributed by atoms with Crippen molar-refractivity contribution in [1.82, 2.24) is 0 Å². The second kappa shape index (κ2) is 12.2. The molecule has 3 rings (SSSR count). The standard InChI is InChI=1S/C29H41/c1-3-5-7-9-11-13-17-24-21-27-22-26-19-15-16-20-28(26)29(27)23-25(24)18-14-12-10-8-6-4-2/h15-16,19-20,23H,3-14,17-18,22H2,1-2H3. The van der Waals surface area contributed by atoms with Crippen LogP contribution in [0.1, 0.15) is 113 Å². The van der Waals surface area contributed by atoms with Crippen molar-refractivity contribution in [2.24, 2.45) is 0 Å². The van der Waals surface area contributed by atoms with Crippen LogP contribution in [0.25, 0.3) is 11.1 Å². The van der Waals surface area contributed by atoms with Crippen molar-refractivity contribution >= 4 is 0 Å². The summed E-state index contributed by atoms with van der Waals surface area (Å²) >= 11 is 0. The molecule has 0 N–H and O–H groups in total. The number of hydrogen-bond acceptors (Lipinski definition) is 0. The molecule has 0 aliphatic heterocycles. The molecule has 157 valence electrons. The molecule has 0 spiro atoms. The van der Waals surface area contributed by atoms with Gasteiger partial charge in [0.05, 0.1) is 0 Å². The van der Waals surface area contributed by atoms with E-state index in [0.717, 1.165) is 6.42 Å². The van der Waals surface area contributed by atoms with Crippen LogP contribution in [0.2, 0.25) is 0 Å². The molecule has 0 fully saturated rings. The molecule has 0 unspecified atom stereocenters. The van der Waals surface area contributed by atoms with E-state index in [-0.39, 0.29) is 0 Å². The molecule has 0 heterocycles. The average Bonchev–Trinajstić information content (AvgIpc) is 3.10. The third-order valence-corrected chi connectivity index (χ3v) is 6.59. The van der Waals surface area contributed by atoms with Crippen LogP contribution >= 0.6 is 0 Å². The third kappa shape index (κ3) is 6.46. The van der Waals surface area contributed by atoms with Crippen molar-refractivity contribution < 1.29 is 0 Å². The first-order chi connectivity index (χ1) is 14.3. The maximum Gasteiger partial charge on any atom is -0.000718 e. The lowest BCUT2D eigenvalue weighted by Gasteiger charge is -2.13. The Morgan fingerprint density at radius 2 is 1.31 bits per heavy atom. The van der Waals surface area contributed by atoms with E-state index in [2.05, 4.69) is 50.2 Å². The largest absolute Gasteiger partial charge is 0.0654 e. The van der Waals surface area contributed by atoms with Gasteiger partial charge < -0.3 is 0 Å². The Hall–Kier alpha value is -1.56. The van der Waals surface area contributed by atoms with Gasteiger partial charge in [0, 0.05) is 0 Å². The number of fused-ring (bicyclic) bond motifs is 3.